The van der Waals surface area contributed by atoms with E-state index in [4.69, 9.17) is 4.74 Å². The third-order valence-electron chi connectivity index (χ3n) is 3.12. The summed E-state index contributed by atoms with van der Waals surface area (Å²) in [7, 11) is -2.98. The minimum absolute atomic E-state index is 0.0338. The Kier molecular flexibility index (Phi) is 6.07. The molecule has 1 atom stereocenters. The smallest absolute Gasteiger partial charge is 0.230 e. The number of hydrogen-bond donors (Lipinski definition) is 1. The Bertz CT molecular complexity index is 621. The molecule has 0 aliphatic carbocycles. The number of ether oxygens (including phenoxy) is 1. The van der Waals surface area contributed by atoms with E-state index in [1.54, 1.807) is 12.1 Å². The highest BCUT2D eigenvalue weighted by atomic mass is 32.2. The Balaban J connectivity index is 1.58. The maximum absolute atomic E-state index is 12.9. The summed E-state index contributed by atoms with van der Waals surface area (Å²) in [4.78, 5) is 11.7. The molecule has 0 unspecified atom stereocenters. The molecule has 1 aliphatic rings. The van der Waals surface area contributed by atoms with E-state index in [0.29, 0.717) is 24.5 Å². The molecule has 1 aliphatic heterocycles. The van der Waals surface area contributed by atoms with Crippen molar-refractivity contribution < 1.29 is 22.3 Å². The number of hydrogen-bond acceptors (Lipinski definition) is 5. The first-order chi connectivity index (χ1) is 10.4. The summed E-state index contributed by atoms with van der Waals surface area (Å²) < 4.78 is 40.8. The quantitative estimate of drug-likeness (QED) is 0.752. The van der Waals surface area contributed by atoms with Crippen LogP contribution in [0.5, 0.6) is 5.75 Å². The van der Waals surface area contributed by atoms with E-state index < -0.39 is 9.84 Å². The van der Waals surface area contributed by atoms with E-state index in [0.717, 1.165) is 0 Å². The summed E-state index contributed by atoms with van der Waals surface area (Å²) in [5.74, 6) is 0.962. The molecule has 22 heavy (non-hydrogen) atoms. The molecule has 8 heteroatoms. The summed E-state index contributed by atoms with van der Waals surface area (Å²) in [5.41, 5.74) is 0. The van der Waals surface area contributed by atoms with Crippen LogP contribution in [0.15, 0.2) is 24.3 Å². The molecule has 0 aromatic heterocycles. The molecule has 1 aromatic carbocycles. The molecular formula is C14H18FNO4S2. The van der Waals surface area contributed by atoms with E-state index in [-0.39, 0.29) is 35.0 Å². The zero-order valence-electron chi connectivity index (χ0n) is 12.0. The van der Waals surface area contributed by atoms with Crippen LogP contribution in [0.1, 0.15) is 6.42 Å². The van der Waals surface area contributed by atoms with Crippen molar-refractivity contribution in [2.24, 2.45) is 0 Å². The van der Waals surface area contributed by atoms with Gasteiger partial charge in [-0.05, 0) is 18.6 Å². The van der Waals surface area contributed by atoms with Crippen LogP contribution in [0.2, 0.25) is 0 Å². The van der Waals surface area contributed by atoms with Crippen molar-refractivity contribution >= 4 is 27.5 Å². The molecule has 2 rings (SSSR count). The molecular weight excluding hydrogens is 329 g/mol. The highest BCUT2D eigenvalue weighted by molar-refractivity contribution is 7.99. The molecule has 1 heterocycles. The number of amides is 1. The van der Waals surface area contributed by atoms with Crippen molar-refractivity contribution in [3.63, 3.8) is 0 Å². The van der Waals surface area contributed by atoms with Gasteiger partial charge >= 0.3 is 0 Å². The molecule has 0 saturated carbocycles. The lowest BCUT2D eigenvalue weighted by atomic mass is 10.3. The van der Waals surface area contributed by atoms with Gasteiger partial charge in [-0.1, -0.05) is 6.07 Å². The largest absolute Gasteiger partial charge is 0.493 e. The standard InChI is InChI=1S/C14H18FNO4S2/c15-11-2-1-3-13(8-11)20-5-6-21-9-14(17)16-12-4-7-22(18,19)10-12/h1-3,8,12H,4-7,9-10H2,(H,16,17)/t12-/m1/s1. The predicted octanol–water partition coefficient (Wildman–Crippen LogP) is 1.24. The molecule has 1 amide bonds. The van der Waals surface area contributed by atoms with E-state index in [9.17, 15) is 17.6 Å². The van der Waals surface area contributed by atoms with Crippen molar-refractivity contribution in [3.8, 4) is 5.75 Å². The van der Waals surface area contributed by atoms with Crippen LogP contribution in [0.3, 0.4) is 0 Å². The first-order valence-corrected chi connectivity index (χ1v) is 9.88. The zero-order valence-corrected chi connectivity index (χ0v) is 13.6. The number of rotatable bonds is 7. The summed E-state index contributed by atoms with van der Waals surface area (Å²) in [5, 5.41) is 2.72. The number of halogens is 1. The van der Waals surface area contributed by atoms with Gasteiger partial charge in [0.25, 0.3) is 0 Å². The molecule has 5 nitrogen and oxygen atoms in total. The van der Waals surface area contributed by atoms with Gasteiger partial charge in [-0.2, -0.15) is 0 Å². The Hall–Kier alpha value is -1.28. The third-order valence-corrected chi connectivity index (χ3v) is 5.81. The van der Waals surface area contributed by atoms with Crippen molar-refractivity contribution in [3.05, 3.63) is 30.1 Å². The number of sulfone groups is 1. The lowest BCUT2D eigenvalue weighted by Gasteiger charge is -2.10. The lowest BCUT2D eigenvalue weighted by Crippen LogP contribution is -2.36. The van der Waals surface area contributed by atoms with Crippen molar-refractivity contribution in [1.29, 1.82) is 0 Å². The van der Waals surface area contributed by atoms with Gasteiger partial charge in [0.1, 0.15) is 11.6 Å². The number of benzene rings is 1. The van der Waals surface area contributed by atoms with Gasteiger partial charge in [-0.3, -0.25) is 4.79 Å². The molecule has 0 spiro atoms. The van der Waals surface area contributed by atoms with Crippen LogP contribution in [-0.4, -0.2) is 50.0 Å². The second kappa shape index (κ2) is 7.82. The second-order valence-electron chi connectivity index (χ2n) is 5.03. The molecule has 1 saturated heterocycles. The van der Waals surface area contributed by atoms with E-state index in [1.165, 1.54) is 23.9 Å². The van der Waals surface area contributed by atoms with Crippen molar-refractivity contribution in [1.82, 2.24) is 5.32 Å². The molecule has 1 fully saturated rings. The van der Waals surface area contributed by atoms with Crippen molar-refractivity contribution in [2.45, 2.75) is 12.5 Å². The van der Waals surface area contributed by atoms with Crippen LogP contribution in [-0.2, 0) is 14.6 Å². The van der Waals surface area contributed by atoms with E-state index in [1.807, 2.05) is 0 Å². The van der Waals surface area contributed by atoms with Gasteiger partial charge in [-0.15, -0.1) is 11.8 Å². The summed E-state index contributed by atoms with van der Waals surface area (Å²) >= 11 is 1.39. The first-order valence-electron chi connectivity index (χ1n) is 6.90. The summed E-state index contributed by atoms with van der Waals surface area (Å²) in [6.45, 7) is 0.374. The average Bonchev–Trinajstić information content (AvgIpc) is 2.77. The Morgan fingerprint density at radius 1 is 1.45 bits per heavy atom. The normalized spacial score (nSPS) is 19.8. The maximum atomic E-state index is 12.9. The van der Waals surface area contributed by atoms with Gasteiger partial charge < -0.3 is 10.1 Å². The van der Waals surface area contributed by atoms with E-state index in [2.05, 4.69) is 5.32 Å². The minimum atomic E-state index is -2.98. The van der Waals surface area contributed by atoms with Crippen molar-refractivity contribution in [2.75, 3.05) is 29.6 Å². The van der Waals surface area contributed by atoms with Gasteiger partial charge in [-0.25, -0.2) is 12.8 Å². The van der Waals surface area contributed by atoms with Gasteiger partial charge in [0.05, 0.1) is 23.9 Å². The Morgan fingerprint density at radius 2 is 2.27 bits per heavy atom. The highest BCUT2D eigenvalue weighted by Gasteiger charge is 2.28. The number of thioether (sulfide) groups is 1. The van der Waals surface area contributed by atoms with Gasteiger partial charge in [0.2, 0.25) is 5.91 Å². The third kappa shape index (κ3) is 5.84. The zero-order chi connectivity index (χ0) is 16.0. The topological polar surface area (TPSA) is 72.5 Å². The Labute approximate surface area is 133 Å². The number of carbonyl (C=O) groups is 1. The SMILES string of the molecule is O=C(CSCCOc1cccc(F)c1)N[C@@H]1CCS(=O)(=O)C1. The highest BCUT2D eigenvalue weighted by Crippen LogP contribution is 2.13. The fourth-order valence-electron chi connectivity index (χ4n) is 2.12. The summed E-state index contributed by atoms with van der Waals surface area (Å²) in [6, 6.07) is 5.62. The fourth-order valence-corrected chi connectivity index (χ4v) is 4.41. The van der Waals surface area contributed by atoms with Gasteiger partial charge in [0.15, 0.2) is 9.84 Å². The summed E-state index contributed by atoms with van der Waals surface area (Å²) in [6.07, 6.45) is 0.488. The lowest BCUT2D eigenvalue weighted by molar-refractivity contribution is -0.119. The van der Waals surface area contributed by atoms with Gasteiger partial charge in [0, 0.05) is 17.9 Å². The molecule has 0 bridgehead atoms. The second-order valence-corrected chi connectivity index (χ2v) is 8.36. The van der Waals surface area contributed by atoms with Crippen LogP contribution in [0.4, 0.5) is 4.39 Å². The average molecular weight is 347 g/mol. The molecule has 0 radical (unpaired) electrons. The van der Waals surface area contributed by atoms with Crippen LogP contribution in [0, 0.1) is 5.82 Å². The fraction of sp³-hybridized carbons (Fsp3) is 0.500. The van der Waals surface area contributed by atoms with Crippen LogP contribution in [0.25, 0.3) is 0 Å². The molecule has 122 valence electrons. The van der Waals surface area contributed by atoms with Crippen LogP contribution >= 0.6 is 11.8 Å². The van der Waals surface area contributed by atoms with E-state index >= 15 is 0 Å². The monoisotopic (exact) mass is 347 g/mol. The Morgan fingerprint density at radius 3 is 2.95 bits per heavy atom. The van der Waals surface area contributed by atoms with Crippen LogP contribution < -0.4 is 10.1 Å². The maximum Gasteiger partial charge on any atom is 0.230 e. The first kappa shape index (κ1) is 17.1. The molecule has 1 N–H and O–H groups in total. The predicted molar refractivity (Wildman–Crippen MR) is 84.4 cm³/mol. The number of carbonyl (C=O) groups excluding carboxylic acids is 1. The molecule has 1 aromatic rings. The minimum Gasteiger partial charge on any atom is -0.493 e. The number of nitrogens with one attached hydrogen (secondary N) is 1.